The minimum absolute atomic E-state index is 0.256. The smallest absolute Gasteiger partial charge is 0.167 e. The lowest BCUT2D eigenvalue weighted by molar-refractivity contribution is -0.114. The highest BCUT2D eigenvalue weighted by Gasteiger charge is 2.19. The summed E-state index contributed by atoms with van der Waals surface area (Å²) in [5, 5.41) is 3.91. The van der Waals surface area contributed by atoms with Gasteiger partial charge in [-0.2, -0.15) is 0 Å². The van der Waals surface area contributed by atoms with Gasteiger partial charge in [-0.25, -0.2) is 0 Å². The minimum Gasteiger partial charge on any atom is -0.294 e. The molecule has 0 aromatic rings. The van der Waals surface area contributed by atoms with E-state index in [1.807, 2.05) is 23.0 Å². The number of Topliss-reactive ketones (excluding diaryl/α,β-unsaturated/α-hetero) is 1. The monoisotopic (exact) mass is 150 g/mol. The summed E-state index contributed by atoms with van der Waals surface area (Å²) in [6, 6.07) is 0. The van der Waals surface area contributed by atoms with Gasteiger partial charge in [-0.3, -0.25) is 4.79 Å². The summed E-state index contributed by atoms with van der Waals surface area (Å²) < 4.78 is 0. The van der Waals surface area contributed by atoms with Gasteiger partial charge in [-0.05, 0) is 22.5 Å². The van der Waals surface area contributed by atoms with Crippen LogP contribution in [0.4, 0.5) is 0 Å². The maximum atomic E-state index is 11.0. The molecule has 2 rings (SSSR count). The fourth-order valence-electron chi connectivity index (χ4n) is 1.10. The number of fused-ring (bicyclic) bond motifs is 1. The first-order chi connectivity index (χ1) is 4.88. The van der Waals surface area contributed by atoms with E-state index in [-0.39, 0.29) is 5.78 Å². The molecule has 10 heavy (non-hydrogen) atoms. The van der Waals surface area contributed by atoms with Gasteiger partial charge >= 0.3 is 0 Å². The van der Waals surface area contributed by atoms with Crippen molar-refractivity contribution in [3.8, 4) is 0 Å². The van der Waals surface area contributed by atoms with Crippen molar-refractivity contribution in [3.63, 3.8) is 0 Å². The normalized spacial score (nSPS) is 22.2. The fraction of sp³-hybridized carbons (Fsp3) is 0.125. The van der Waals surface area contributed by atoms with E-state index in [2.05, 4.69) is 0 Å². The third-order valence-electron chi connectivity index (χ3n) is 1.63. The van der Waals surface area contributed by atoms with Gasteiger partial charge in [-0.15, -0.1) is 11.8 Å². The predicted molar refractivity (Wildman–Crippen MR) is 42.5 cm³/mol. The Morgan fingerprint density at radius 1 is 1.50 bits per heavy atom. The molecule has 1 aliphatic carbocycles. The van der Waals surface area contributed by atoms with Crippen molar-refractivity contribution in [2.75, 3.05) is 0 Å². The maximum absolute atomic E-state index is 11.0. The molecule has 0 spiro atoms. The molecule has 1 aliphatic heterocycles. The highest BCUT2D eigenvalue weighted by molar-refractivity contribution is 8.05. The summed E-state index contributed by atoms with van der Waals surface area (Å²) in [4.78, 5) is 11.0. The Hall–Kier alpha value is -0.760. The summed E-state index contributed by atoms with van der Waals surface area (Å²) in [6.45, 7) is 0. The molecule has 0 unspecified atom stereocenters. The molecule has 1 heterocycles. The summed E-state index contributed by atoms with van der Waals surface area (Å²) in [6.07, 6.45) is 4.56. The average Bonchev–Trinajstić information content (AvgIpc) is 2.34. The zero-order chi connectivity index (χ0) is 6.97. The highest BCUT2D eigenvalue weighted by Crippen LogP contribution is 2.30. The first-order valence-electron chi connectivity index (χ1n) is 3.14. The molecule has 0 N–H and O–H groups in total. The Labute approximate surface area is 63.5 Å². The molecule has 0 aromatic carbocycles. The number of hydrogen-bond donors (Lipinski definition) is 0. The predicted octanol–water partition coefficient (Wildman–Crippen LogP) is 2.03. The zero-order valence-electron chi connectivity index (χ0n) is 5.33. The van der Waals surface area contributed by atoms with E-state index in [1.54, 1.807) is 11.8 Å². The molecular formula is C8H6OS. The zero-order valence-corrected chi connectivity index (χ0v) is 6.15. The standard InChI is InChI=1S/C8H6OS/c9-8-2-1-6-3-4-10-5-7(6)8/h1,3-5H,2H2. The Kier molecular flexibility index (Phi) is 1.27. The first-order valence-corrected chi connectivity index (χ1v) is 4.08. The molecule has 0 fully saturated rings. The van der Waals surface area contributed by atoms with Gasteiger partial charge in [-0.1, -0.05) is 6.08 Å². The van der Waals surface area contributed by atoms with Crippen molar-refractivity contribution < 1.29 is 4.79 Å². The van der Waals surface area contributed by atoms with Crippen molar-refractivity contribution in [1.29, 1.82) is 0 Å². The van der Waals surface area contributed by atoms with E-state index < -0.39 is 0 Å². The number of thioether (sulfide) groups is 1. The van der Waals surface area contributed by atoms with Crippen LogP contribution >= 0.6 is 11.8 Å². The van der Waals surface area contributed by atoms with Crippen LogP contribution in [0.5, 0.6) is 0 Å². The Bertz CT molecular complexity index is 271. The van der Waals surface area contributed by atoms with Gasteiger partial charge in [0.15, 0.2) is 5.78 Å². The van der Waals surface area contributed by atoms with E-state index in [1.165, 1.54) is 0 Å². The van der Waals surface area contributed by atoms with E-state index in [0.717, 1.165) is 11.1 Å². The Morgan fingerprint density at radius 3 is 3.20 bits per heavy atom. The molecule has 0 saturated heterocycles. The summed E-state index contributed by atoms with van der Waals surface area (Å²) in [5.41, 5.74) is 2.00. The van der Waals surface area contributed by atoms with Gasteiger partial charge < -0.3 is 0 Å². The van der Waals surface area contributed by atoms with Crippen LogP contribution in [0.25, 0.3) is 0 Å². The number of rotatable bonds is 0. The van der Waals surface area contributed by atoms with Crippen molar-refractivity contribution in [2.45, 2.75) is 6.42 Å². The van der Waals surface area contributed by atoms with E-state index in [0.29, 0.717) is 6.42 Å². The molecule has 50 valence electrons. The third-order valence-corrected chi connectivity index (χ3v) is 2.30. The lowest BCUT2D eigenvalue weighted by Gasteiger charge is -2.01. The van der Waals surface area contributed by atoms with Gasteiger partial charge in [0, 0.05) is 12.0 Å². The van der Waals surface area contributed by atoms with Gasteiger partial charge in [0.25, 0.3) is 0 Å². The Balaban J connectivity index is 2.44. The van der Waals surface area contributed by atoms with Crippen LogP contribution in [0.3, 0.4) is 0 Å². The Morgan fingerprint density at radius 2 is 2.40 bits per heavy atom. The van der Waals surface area contributed by atoms with Crippen LogP contribution in [0.1, 0.15) is 6.42 Å². The van der Waals surface area contributed by atoms with E-state index >= 15 is 0 Å². The number of carbonyl (C=O) groups excluding carboxylic acids is 1. The quantitative estimate of drug-likeness (QED) is 0.525. The van der Waals surface area contributed by atoms with E-state index in [4.69, 9.17) is 0 Å². The minimum atomic E-state index is 0.256. The SMILES string of the molecule is O=C1CC=C2C=CSC=C12. The second-order valence-corrected chi connectivity index (χ2v) is 3.04. The van der Waals surface area contributed by atoms with Gasteiger partial charge in [0.2, 0.25) is 0 Å². The fourth-order valence-corrected chi connectivity index (χ4v) is 1.80. The largest absolute Gasteiger partial charge is 0.294 e. The lowest BCUT2D eigenvalue weighted by atomic mass is 10.1. The molecule has 1 nitrogen and oxygen atoms in total. The number of hydrogen-bond acceptors (Lipinski definition) is 2. The molecule has 2 heteroatoms. The number of allylic oxidation sites excluding steroid dienone is 4. The van der Waals surface area contributed by atoms with Crippen molar-refractivity contribution in [1.82, 2.24) is 0 Å². The third kappa shape index (κ3) is 0.762. The maximum Gasteiger partial charge on any atom is 0.167 e. The van der Waals surface area contributed by atoms with Crippen molar-refractivity contribution in [3.05, 3.63) is 34.1 Å². The number of ketones is 1. The topological polar surface area (TPSA) is 17.1 Å². The molecule has 2 aliphatic rings. The van der Waals surface area contributed by atoms with Gasteiger partial charge in [0.1, 0.15) is 0 Å². The molecule has 0 radical (unpaired) electrons. The highest BCUT2D eigenvalue weighted by atomic mass is 32.2. The van der Waals surface area contributed by atoms with E-state index in [9.17, 15) is 4.79 Å². The number of carbonyl (C=O) groups is 1. The van der Waals surface area contributed by atoms with Crippen LogP contribution in [0.15, 0.2) is 34.1 Å². The van der Waals surface area contributed by atoms with Crippen LogP contribution in [-0.2, 0) is 4.79 Å². The summed E-state index contributed by atoms with van der Waals surface area (Å²) in [7, 11) is 0. The molecule has 0 aromatic heterocycles. The van der Waals surface area contributed by atoms with Crippen LogP contribution in [0, 0.1) is 0 Å². The van der Waals surface area contributed by atoms with Crippen LogP contribution in [-0.4, -0.2) is 5.78 Å². The summed E-state index contributed by atoms with van der Waals surface area (Å²) in [5.74, 6) is 0.256. The molecule has 0 atom stereocenters. The second kappa shape index (κ2) is 2.13. The molecule has 0 bridgehead atoms. The summed E-state index contributed by atoms with van der Waals surface area (Å²) >= 11 is 1.57. The first kappa shape index (κ1) is 5.98. The lowest BCUT2D eigenvalue weighted by Crippen LogP contribution is -1.95. The van der Waals surface area contributed by atoms with Crippen molar-refractivity contribution >= 4 is 17.5 Å². The van der Waals surface area contributed by atoms with Crippen LogP contribution in [0.2, 0.25) is 0 Å². The van der Waals surface area contributed by atoms with Gasteiger partial charge in [0.05, 0.1) is 0 Å². The molecule has 0 amide bonds. The van der Waals surface area contributed by atoms with Crippen LogP contribution < -0.4 is 0 Å². The van der Waals surface area contributed by atoms with Crippen molar-refractivity contribution in [2.24, 2.45) is 0 Å². The second-order valence-electron chi connectivity index (χ2n) is 2.26. The molecular weight excluding hydrogens is 144 g/mol. The average molecular weight is 150 g/mol. The molecule has 0 saturated carbocycles.